The van der Waals surface area contributed by atoms with Crippen molar-refractivity contribution < 1.29 is 9.59 Å². The molecule has 6 aromatic carbocycles. The van der Waals surface area contributed by atoms with Crippen LogP contribution in [-0.2, 0) is 11.8 Å². The van der Waals surface area contributed by atoms with Crippen molar-refractivity contribution in [3.63, 3.8) is 0 Å². The molecule has 2 amide bonds. The van der Waals surface area contributed by atoms with Crippen LogP contribution in [0.3, 0.4) is 0 Å². The first kappa shape index (κ1) is 35.3. The maximum Gasteiger partial charge on any atom is 0.255 e. The zero-order valence-electron chi connectivity index (χ0n) is 31.8. The van der Waals surface area contributed by atoms with E-state index in [-0.39, 0.29) is 17.9 Å². The van der Waals surface area contributed by atoms with Crippen LogP contribution in [0.2, 0.25) is 0 Å². The van der Waals surface area contributed by atoms with Crippen LogP contribution in [0.4, 0.5) is 11.4 Å². The molecule has 0 spiro atoms. The third-order valence-corrected chi connectivity index (χ3v) is 11.7. The SMILES string of the molecule is CC(C(=O)Nc1ccc(N2CCN(C(c3ccccc3)c3ccccc3)CC2)cc1)N1C(=O)c2ccccc2C1c1c(-c2ccccc2)n(C)c2ccccc12. The summed E-state index contributed by atoms with van der Waals surface area (Å²) in [6, 6.07) is 55.1. The van der Waals surface area contributed by atoms with E-state index in [1.807, 2.05) is 73.7 Å². The molecule has 2 atom stereocenters. The van der Waals surface area contributed by atoms with Crippen molar-refractivity contribution >= 4 is 34.1 Å². The molecule has 0 saturated carbocycles. The van der Waals surface area contributed by atoms with E-state index < -0.39 is 12.1 Å². The number of para-hydroxylation sites is 1. The fourth-order valence-electron chi connectivity index (χ4n) is 8.93. The van der Waals surface area contributed by atoms with Crippen molar-refractivity contribution in [2.75, 3.05) is 36.4 Å². The quantitative estimate of drug-likeness (QED) is 0.161. The van der Waals surface area contributed by atoms with E-state index in [4.69, 9.17) is 0 Å². The van der Waals surface area contributed by atoms with E-state index in [1.165, 1.54) is 11.1 Å². The van der Waals surface area contributed by atoms with Crippen LogP contribution in [0.5, 0.6) is 0 Å². The summed E-state index contributed by atoms with van der Waals surface area (Å²) in [5, 5.41) is 4.21. The molecule has 2 aliphatic heterocycles. The van der Waals surface area contributed by atoms with Crippen molar-refractivity contribution in [3.05, 3.63) is 192 Å². The fourth-order valence-corrected chi connectivity index (χ4v) is 8.93. The Kier molecular flexibility index (Phi) is 9.45. The van der Waals surface area contributed by atoms with E-state index in [2.05, 4.69) is 124 Å². The number of carbonyl (C=O) groups excluding carboxylic acids is 2. The molecular formula is C49H45N5O2. The van der Waals surface area contributed by atoms with E-state index in [0.717, 1.165) is 65.2 Å². The van der Waals surface area contributed by atoms with Crippen LogP contribution < -0.4 is 10.2 Å². The highest BCUT2D eigenvalue weighted by atomic mass is 16.2. The summed E-state index contributed by atoms with van der Waals surface area (Å²) in [7, 11) is 2.08. The lowest BCUT2D eigenvalue weighted by atomic mass is 9.92. The van der Waals surface area contributed by atoms with Crippen molar-refractivity contribution in [2.45, 2.75) is 25.0 Å². The number of rotatable bonds is 9. The number of aryl methyl sites for hydroxylation is 1. The van der Waals surface area contributed by atoms with Gasteiger partial charge in [-0.2, -0.15) is 0 Å². The normalized spacial score (nSPS) is 16.3. The Morgan fingerprint density at radius 2 is 1.23 bits per heavy atom. The van der Waals surface area contributed by atoms with E-state index >= 15 is 0 Å². The molecule has 0 aliphatic carbocycles. The minimum Gasteiger partial charge on any atom is -0.369 e. The van der Waals surface area contributed by atoms with Gasteiger partial charge in [-0.15, -0.1) is 0 Å². The monoisotopic (exact) mass is 735 g/mol. The Labute approximate surface area is 328 Å². The smallest absolute Gasteiger partial charge is 0.255 e. The van der Waals surface area contributed by atoms with Crippen molar-refractivity contribution in [1.29, 1.82) is 0 Å². The van der Waals surface area contributed by atoms with Crippen molar-refractivity contribution in [2.24, 2.45) is 7.05 Å². The number of hydrogen-bond acceptors (Lipinski definition) is 4. The number of piperazine rings is 1. The maximum atomic E-state index is 14.3. The van der Waals surface area contributed by atoms with Crippen LogP contribution >= 0.6 is 0 Å². The van der Waals surface area contributed by atoms with Gasteiger partial charge < -0.3 is 19.7 Å². The molecule has 9 rings (SSSR count). The highest BCUT2D eigenvalue weighted by Gasteiger charge is 2.44. The average Bonchev–Trinajstić information content (AvgIpc) is 3.71. The molecule has 1 fully saturated rings. The molecule has 2 unspecified atom stereocenters. The third kappa shape index (κ3) is 6.34. The lowest BCUT2D eigenvalue weighted by molar-refractivity contribution is -0.120. The number of fused-ring (bicyclic) bond motifs is 2. The number of anilines is 2. The molecule has 0 radical (unpaired) electrons. The first-order chi connectivity index (χ1) is 27.5. The van der Waals surface area contributed by atoms with Gasteiger partial charge in [0.05, 0.1) is 17.8 Å². The topological polar surface area (TPSA) is 60.8 Å². The minimum atomic E-state index is -0.752. The molecule has 56 heavy (non-hydrogen) atoms. The van der Waals surface area contributed by atoms with Gasteiger partial charge in [-0.1, -0.05) is 127 Å². The zero-order valence-corrected chi connectivity index (χ0v) is 31.8. The summed E-state index contributed by atoms with van der Waals surface area (Å²) in [6.45, 7) is 5.50. The summed E-state index contributed by atoms with van der Waals surface area (Å²) in [5.74, 6) is -0.372. The Balaban J connectivity index is 0.945. The predicted octanol–water partition coefficient (Wildman–Crippen LogP) is 9.33. The number of nitrogens with zero attached hydrogens (tertiary/aromatic N) is 4. The van der Waals surface area contributed by atoms with Gasteiger partial charge in [-0.05, 0) is 65.6 Å². The summed E-state index contributed by atoms with van der Waals surface area (Å²) >= 11 is 0. The number of amides is 2. The highest BCUT2D eigenvalue weighted by Crippen LogP contribution is 2.47. The summed E-state index contributed by atoms with van der Waals surface area (Å²) in [5.41, 5.74) is 10.2. The molecule has 1 saturated heterocycles. The van der Waals surface area contributed by atoms with E-state index in [9.17, 15) is 9.59 Å². The predicted molar refractivity (Wildman–Crippen MR) is 226 cm³/mol. The van der Waals surface area contributed by atoms with Gasteiger partial charge >= 0.3 is 0 Å². The number of aromatic nitrogens is 1. The first-order valence-corrected chi connectivity index (χ1v) is 19.5. The van der Waals surface area contributed by atoms with Crippen LogP contribution in [0.25, 0.3) is 22.2 Å². The number of benzene rings is 6. The van der Waals surface area contributed by atoms with Gasteiger partial charge in [0.1, 0.15) is 6.04 Å². The number of nitrogens with one attached hydrogen (secondary N) is 1. The third-order valence-electron chi connectivity index (χ3n) is 11.7. The molecule has 2 aliphatic rings. The minimum absolute atomic E-state index is 0.142. The van der Waals surface area contributed by atoms with Crippen molar-refractivity contribution in [1.82, 2.24) is 14.4 Å². The van der Waals surface area contributed by atoms with Crippen LogP contribution in [0.15, 0.2) is 164 Å². The lowest BCUT2D eigenvalue weighted by Crippen LogP contribution is -2.48. The van der Waals surface area contributed by atoms with E-state index in [0.29, 0.717) is 11.3 Å². The maximum absolute atomic E-state index is 14.3. The van der Waals surface area contributed by atoms with Crippen LogP contribution in [-0.4, -0.2) is 58.4 Å². The Morgan fingerprint density at radius 1 is 0.661 bits per heavy atom. The lowest BCUT2D eigenvalue weighted by Gasteiger charge is -2.40. The molecule has 7 nitrogen and oxygen atoms in total. The second-order valence-corrected chi connectivity index (χ2v) is 14.9. The van der Waals surface area contributed by atoms with Gasteiger partial charge in [0.15, 0.2) is 0 Å². The Bertz CT molecular complexity index is 2450. The molecule has 3 heterocycles. The number of hydrogen-bond donors (Lipinski definition) is 1. The van der Waals surface area contributed by atoms with E-state index in [1.54, 1.807) is 4.90 Å². The molecule has 1 N–H and O–H groups in total. The molecule has 7 heteroatoms. The molecule has 1 aromatic heterocycles. The van der Waals surface area contributed by atoms with Crippen LogP contribution in [0, 0.1) is 0 Å². The van der Waals surface area contributed by atoms with Gasteiger partial charge in [0.2, 0.25) is 5.91 Å². The zero-order chi connectivity index (χ0) is 38.2. The summed E-state index contributed by atoms with van der Waals surface area (Å²) in [6.07, 6.45) is 0. The number of carbonyl (C=O) groups is 2. The second-order valence-electron chi connectivity index (χ2n) is 14.9. The largest absolute Gasteiger partial charge is 0.369 e. The molecule has 0 bridgehead atoms. The van der Waals surface area contributed by atoms with Crippen molar-refractivity contribution in [3.8, 4) is 11.3 Å². The standard InChI is InChI=1S/C49H45N5O2/c1-34(54-47(40-22-12-13-23-41(40)49(54)56)44-42-24-14-15-25-43(42)51(2)46(44)37-20-10-5-11-21-37)48(55)50-38-26-28-39(29-27-38)52-30-32-53(33-31-52)45(35-16-6-3-7-17-35)36-18-8-4-9-19-36/h3-29,34,45,47H,30-33H2,1-2H3,(H,50,55). The molecule has 278 valence electrons. The summed E-state index contributed by atoms with van der Waals surface area (Å²) in [4.78, 5) is 35.3. The van der Waals surface area contributed by atoms with Gasteiger partial charge in [0, 0.05) is 66.6 Å². The first-order valence-electron chi connectivity index (χ1n) is 19.5. The highest BCUT2D eigenvalue weighted by molar-refractivity contribution is 6.06. The fraction of sp³-hybridized carbons (Fsp3) is 0.184. The molecular weight excluding hydrogens is 691 g/mol. The Hall–Kier alpha value is -6.44. The summed E-state index contributed by atoms with van der Waals surface area (Å²) < 4.78 is 2.21. The Morgan fingerprint density at radius 3 is 1.89 bits per heavy atom. The second kappa shape index (κ2) is 15.0. The van der Waals surface area contributed by atoms with Gasteiger partial charge in [-0.25, -0.2) is 0 Å². The average molecular weight is 736 g/mol. The van der Waals surface area contributed by atoms with Gasteiger partial charge in [-0.3, -0.25) is 14.5 Å². The van der Waals surface area contributed by atoms with Crippen LogP contribution in [0.1, 0.15) is 51.6 Å². The van der Waals surface area contributed by atoms with Gasteiger partial charge in [0.25, 0.3) is 5.91 Å². The molecule has 7 aromatic rings.